The Kier molecular flexibility index (Phi) is 1.58. The summed E-state index contributed by atoms with van der Waals surface area (Å²) >= 11 is 0. The minimum atomic E-state index is -0.499. The Morgan fingerprint density at radius 2 is 2.67 bits per heavy atom. The highest BCUT2D eigenvalue weighted by atomic mass is 16.6. The summed E-state index contributed by atoms with van der Waals surface area (Å²) in [5.41, 5.74) is 5.09. The van der Waals surface area contributed by atoms with Gasteiger partial charge in [0.25, 0.3) is 5.91 Å². The molecule has 0 aliphatic carbocycles. The van der Waals surface area contributed by atoms with Crippen LogP contribution in [0.25, 0.3) is 0 Å². The van der Waals surface area contributed by atoms with Crippen LogP contribution in [0.1, 0.15) is 10.6 Å². The van der Waals surface area contributed by atoms with E-state index in [-0.39, 0.29) is 6.10 Å². The van der Waals surface area contributed by atoms with Gasteiger partial charge < -0.3 is 15.0 Å². The van der Waals surface area contributed by atoms with E-state index in [9.17, 15) is 4.79 Å². The lowest BCUT2D eigenvalue weighted by atomic mass is 10.4. The van der Waals surface area contributed by atoms with E-state index in [1.807, 2.05) is 0 Å². The van der Waals surface area contributed by atoms with Crippen molar-refractivity contribution < 1.29 is 9.53 Å². The average molecular weight is 167 g/mol. The third kappa shape index (κ3) is 1.31. The number of carbonyl (C=O) groups excluding carboxylic acids is 1. The fourth-order valence-electron chi connectivity index (χ4n) is 1.07. The van der Waals surface area contributed by atoms with E-state index in [0.29, 0.717) is 12.4 Å². The van der Waals surface area contributed by atoms with Crippen molar-refractivity contribution in [1.29, 1.82) is 0 Å². The molecule has 0 spiro atoms. The fraction of sp³-hybridized carbons (Fsp3) is 0.429. The Morgan fingerprint density at radius 1 is 1.92 bits per heavy atom. The van der Waals surface area contributed by atoms with Gasteiger partial charge in [-0.05, 0) is 0 Å². The Morgan fingerprint density at radius 3 is 3.25 bits per heavy atom. The second-order valence-corrected chi connectivity index (χ2v) is 2.72. The number of amides is 1. The van der Waals surface area contributed by atoms with E-state index in [1.54, 1.807) is 17.0 Å². The monoisotopic (exact) mass is 167 g/mol. The standard InChI is InChI=1S/C7H9N3O2/c8-6(11)7-9-1-2-10(7)3-5-4-12-5/h1-2,5H,3-4H2,(H2,8,11)/t5-/m1/s1. The molecular formula is C7H9N3O2. The number of nitrogens with zero attached hydrogens (tertiary/aromatic N) is 2. The summed E-state index contributed by atoms with van der Waals surface area (Å²) in [4.78, 5) is 14.6. The molecule has 5 heteroatoms. The first-order chi connectivity index (χ1) is 5.77. The average Bonchev–Trinajstić information content (AvgIpc) is 2.66. The van der Waals surface area contributed by atoms with Crippen LogP contribution >= 0.6 is 0 Å². The highest BCUT2D eigenvalue weighted by Crippen LogP contribution is 2.12. The van der Waals surface area contributed by atoms with E-state index < -0.39 is 5.91 Å². The molecular weight excluding hydrogens is 158 g/mol. The number of carbonyl (C=O) groups is 1. The summed E-state index contributed by atoms with van der Waals surface area (Å²) < 4.78 is 6.72. The van der Waals surface area contributed by atoms with Crippen molar-refractivity contribution in [3.05, 3.63) is 18.2 Å². The molecule has 1 aliphatic rings. The summed E-state index contributed by atoms with van der Waals surface area (Å²) in [5, 5.41) is 0. The van der Waals surface area contributed by atoms with Crippen LogP contribution in [-0.2, 0) is 11.3 Å². The molecule has 2 rings (SSSR count). The van der Waals surface area contributed by atoms with E-state index >= 15 is 0 Å². The van der Waals surface area contributed by atoms with E-state index in [0.717, 1.165) is 6.61 Å². The third-order valence-corrected chi connectivity index (χ3v) is 1.74. The van der Waals surface area contributed by atoms with Crippen LogP contribution in [0.2, 0.25) is 0 Å². The van der Waals surface area contributed by atoms with Gasteiger partial charge in [-0.1, -0.05) is 0 Å². The van der Waals surface area contributed by atoms with Gasteiger partial charge in [-0.2, -0.15) is 0 Å². The van der Waals surface area contributed by atoms with Crippen molar-refractivity contribution in [2.24, 2.45) is 5.73 Å². The summed E-state index contributed by atoms with van der Waals surface area (Å²) in [5.74, 6) is -0.203. The van der Waals surface area contributed by atoms with Gasteiger partial charge >= 0.3 is 0 Å². The van der Waals surface area contributed by atoms with Crippen LogP contribution < -0.4 is 5.73 Å². The number of hydrogen-bond donors (Lipinski definition) is 1. The summed E-state index contributed by atoms with van der Waals surface area (Å²) in [7, 11) is 0. The molecule has 5 nitrogen and oxygen atoms in total. The van der Waals surface area contributed by atoms with Crippen LogP contribution in [0.4, 0.5) is 0 Å². The van der Waals surface area contributed by atoms with Crippen molar-refractivity contribution in [2.75, 3.05) is 6.61 Å². The molecule has 0 bridgehead atoms. The minimum Gasteiger partial charge on any atom is -0.371 e. The first kappa shape index (κ1) is 7.30. The lowest BCUT2D eigenvalue weighted by molar-refractivity contribution is 0.0986. The molecule has 1 fully saturated rings. The molecule has 12 heavy (non-hydrogen) atoms. The SMILES string of the molecule is NC(=O)c1nccn1C[C@@H]1CO1. The maximum absolute atomic E-state index is 10.8. The van der Waals surface area contributed by atoms with Gasteiger partial charge in [0, 0.05) is 12.4 Å². The third-order valence-electron chi connectivity index (χ3n) is 1.74. The van der Waals surface area contributed by atoms with Crippen LogP contribution in [-0.4, -0.2) is 28.2 Å². The molecule has 1 aromatic heterocycles. The second kappa shape index (κ2) is 2.60. The Hall–Kier alpha value is -1.36. The van der Waals surface area contributed by atoms with Crippen molar-refractivity contribution in [3.63, 3.8) is 0 Å². The molecule has 0 aromatic carbocycles. The molecule has 0 saturated carbocycles. The largest absolute Gasteiger partial charge is 0.371 e. The zero-order valence-corrected chi connectivity index (χ0v) is 6.43. The molecule has 2 N–H and O–H groups in total. The van der Waals surface area contributed by atoms with Gasteiger partial charge in [0.1, 0.15) is 0 Å². The molecule has 1 atom stereocenters. The van der Waals surface area contributed by atoms with Gasteiger partial charge in [0.05, 0.1) is 19.3 Å². The molecule has 1 aliphatic heterocycles. The topological polar surface area (TPSA) is 73.4 Å². The summed E-state index contributed by atoms with van der Waals surface area (Å²) in [6.45, 7) is 1.43. The van der Waals surface area contributed by atoms with Crippen molar-refractivity contribution in [1.82, 2.24) is 9.55 Å². The van der Waals surface area contributed by atoms with Gasteiger partial charge in [-0.25, -0.2) is 4.98 Å². The van der Waals surface area contributed by atoms with Gasteiger partial charge in [-0.15, -0.1) is 0 Å². The Balaban J connectivity index is 2.17. The zero-order valence-electron chi connectivity index (χ0n) is 6.43. The lowest BCUT2D eigenvalue weighted by Crippen LogP contribution is -2.19. The van der Waals surface area contributed by atoms with Crippen molar-refractivity contribution >= 4 is 5.91 Å². The number of epoxide rings is 1. The highest BCUT2D eigenvalue weighted by molar-refractivity contribution is 5.89. The van der Waals surface area contributed by atoms with Crippen LogP contribution in [0.5, 0.6) is 0 Å². The van der Waals surface area contributed by atoms with E-state index in [1.165, 1.54) is 0 Å². The number of aromatic nitrogens is 2. The lowest BCUT2D eigenvalue weighted by Gasteiger charge is -2.00. The van der Waals surface area contributed by atoms with Crippen molar-refractivity contribution in [3.8, 4) is 0 Å². The fourth-order valence-corrected chi connectivity index (χ4v) is 1.07. The predicted molar refractivity (Wildman–Crippen MR) is 40.5 cm³/mol. The van der Waals surface area contributed by atoms with Crippen LogP contribution in [0.3, 0.4) is 0 Å². The quantitative estimate of drug-likeness (QED) is 0.610. The number of rotatable bonds is 3. The number of ether oxygens (including phenoxy) is 1. The second-order valence-electron chi connectivity index (χ2n) is 2.72. The minimum absolute atomic E-state index is 0.234. The maximum Gasteiger partial charge on any atom is 0.284 e. The van der Waals surface area contributed by atoms with Gasteiger partial charge in [-0.3, -0.25) is 4.79 Å². The molecule has 0 radical (unpaired) electrons. The molecule has 64 valence electrons. The Bertz CT molecular complexity index is 303. The zero-order chi connectivity index (χ0) is 8.55. The Labute approximate surface area is 69.1 Å². The van der Waals surface area contributed by atoms with E-state index in [2.05, 4.69) is 4.98 Å². The van der Waals surface area contributed by atoms with Gasteiger partial charge in [0.2, 0.25) is 0 Å². The normalized spacial score (nSPS) is 20.8. The predicted octanol–water partition coefficient (Wildman–Crippen LogP) is -0.619. The molecule has 2 heterocycles. The summed E-state index contributed by atoms with van der Waals surface area (Å²) in [6.07, 6.45) is 3.52. The maximum atomic E-state index is 10.8. The molecule has 1 aromatic rings. The highest BCUT2D eigenvalue weighted by Gasteiger charge is 2.24. The first-order valence-electron chi connectivity index (χ1n) is 3.70. The van der Waals surface area contributed by atoms with Gasteiger partial charge in [0.15, 0.2) is 5.82 Å². The van der Waals surface area contributed by atoms with Crippen molar-refractivity contribution in [2.45, 2.75) is 12.6 Å². The van der Waals surface area contributed by atoms with Crippen LogP contribution in [0, 0.1) is 0 Å². The number of nitrogens with two attached hydrogens (primary N) is 1. The molecule has 1 amide bonds. The first-order valence-corrected chi connectivity index (χ1v) is 3.70. The van der Waals surface area contributed by atoms with E-state index in [4.69, 9.17) is 10.5 Å². The van der Waals surface area contributed by atoms with Crippen LogP contribution in [0.15, 0.2) is 12.4 Å². The smallest absolute Gasteiger partial charge is 0.284 e. The number of imidazole rings is 1. The molecule has 1 saturated heterocycles. The number of primary amides is 1. The molecule has 0 unspecified atom stereocenters. The number of hydrogen-bond acceptors (Lipinski definition) is 3. The summed E-state index contributed by atoms with van der Waals surface area (Å²) in [6, 6.07) is 0.